The first kappa shape index (κ1) is 19.8. The van der Waals surface area contributed by atoms with Gasteiger partial charge in [0.1, 0.15) is 17.1 Å². The number of fused-ring (bicyclic) bond motifs is 1. The minimum absolute atomic E-state index is 0.0369. The molecule has 5 heteroatoms. The van der Waals surface area contributed by atoms with Gasteiger partial charge in [-0.1, -0.05) is 13.0 Å². The van der Waals surface area contributed by atoms with Crippen molar-refractivity contribution in [2.24, 2.45) is 0 Å². The summed E-state index contributed by atoms with van der Waals surface area (Å²) in [6, 6.07) is 9.11. The number of carbonyl (C=O) groups excluding carboxylic acids is 1. The molecule has 0 radical (unpaired) electrons. The number of methoxy groups -OCH3 is 3. The van der Waals surface area contributed by atoms with Gasteiger partial charge < -0.3 is 18.9 Å². The van der Waals surface area contributed by atoms with Crippen LogP contribution in [0.15, 0.2) is 36.4 Å². The third kappa shape index (κ3) is 3.57. The SMILES string of the molecule is COc1ccc([C@@H](C)C(=O)c2ccc3c(c2OC)C=CC(C)(C)O3)cc1OC. The average Bonchev–Trinajstić information content (AvgIpc) is 2.70. The Labute approximate surface area is 165 Å². The number of hydrogen-bond acceptors (Lipinski definition) is 5. The number of ketones is 1. The molecule has 0 amide bonds. The lowest BCUT2D eigenvalue weighted by Crippen LogP contribution is -2.27. The van der Waals surface area contributed by atoms with Gasteiger partial charge in [-0.15, -0.1) is 0 Å². The van der Waals surface area contributed by atoms with Crippen molar-refractivity contribution in [2.75, 3.05) is 21.3 Å². The fourth-order valence-corrected chi connectivity index (χ4v) is 3.35. The zero-order chi connectivity index (χ0) is 20.5. The third-order valence-electron chi connectivity index (χ3n) is 4.95. The van der Waals surface area contributed by atoms with Crippen LogP contribution in [0.25, 0.3) is 6.08 Å². The molecule has 5 nitrogen and oxygen atoms in total. The normalized spacial score (nSPS) is 15.2. The molecule has 0 spiro atoms. The summed E-state index contributed by atoms with van der Waals surface area (Å²) in [6.45, 7) is 5.84. The second-order valence-corrected chi connectivity index (χ2v) is 7.30. The Morgan fingerprint density at radius 2 is 1.71 bits per heavy atom. The number of rotatable bonds is 6. The first-order chi connectivity index (χ1) is 13.3. The highest BCUT2D eigenvalue weighted by Gasteiger charge is 2.28. The summed E-state index contributed by atoms with van der Waals surface area (Å²) >= 11 is 0. The second-order valence-electron chi connectivity index (χ2n) is 7.30. The molecule has 1 heterocycles. The fraction of sp³-hybridized carbons (Fsp3) is 0.348. The number of Topliss-reactive ketones (excluding diaryl/α,β-unsaturated/α-hetero) is 1. The van der Waals surface area contributed by atoms with Gasteiger partial charge in [0.25, 0.3) is 0 Å². The molecular weight excluding hydrogens is 356 g/mol. The highest BCUT2D eigenvalue weighted by Crippen LogP contribution is 2.41. The fourth-order valence-electron chi connectivity index (χ4n) is 3.35. The van der Waals surface area contributed by atoms with Crippen LogP contribution >= 0.6 is 0 Å². The molecule has 0 saturated heterocycles. The third-order valence-corrected chi connectivity index (χ3v) is 4.95. The van der Waals surface area contributed by atoms with Crippen LogP contribution in [0, 0.1) is 0 Å². The van der Waals surface area contributed by atoms with Gasteiger partial charge in [-0.2, -0.15) is 0 Å². The van der Waals surface area contributed by atoms with Crippen LogP contribution in [0.1, 0.15) is 48.2 Å². The summed E-state index contributed by atoms with van der Waals surface area (Å²) in [5, 5.41) is 0. The van der Waals surface area contributed by atoms with Crippen molar-refractivity contribution in [3.05, 3.63) is 53.1 Å². The van der Waals surface area contributed by atoms with Gasteiger partial charge >= 0.3 is 0 Å². The lowest BCUT2D eigenvalue weighted by molar-refractivity contribution is 0.0962. The standard InChI is InChI=1S/C23H26O5/c1-14(15-7-9-19(25-4)20(13-15)26-5)21(24)17-8-10-18-16(22(17)27-6)11-12-23(2,3)28-18/h7-14H,1-6H3/t14-/m1/s1. The Hall–Kier alpha value is -2.95. The quantitative estimate of drug-likeness (QED) is 0.666. The summed E-state index contributed by atoms with van der Waals surface area (Å²) in [6.07, 6.45) is 3.92. The molecule has 0 saturated carbocycles. The van der Waals surface area contributed by atoms with Crippen molar-refractivity contribution in [3.63, 3.8) is 0 Å². The topological polar surface area (TPSA) is 54.0 Å². The van der Waals surface area contributed by atoms with Gasteiger partial charge in [-0.05, 0) is 55.8 Å². The number of ether oxygens (including phenoxy) is 4. The van der Waals surface area contributed by atoms with E-state index in [1.54, 1.807) is 33.5 Å². The van der Waals surface area contributed by atoms with E-state index in [0.717, 1.165) is 11.1 Å². The van der Waals surface area contributed by atoms with Crippen molar-refractivity contribution >= 4 is 11.9 Å². The summed E-state index contributed by atoms with van der Waals surface area (Å²) < 4.78 is 22.2. The summed E-state index contributed by atoms with van der Waals surface area (Å²) in [5.41, 5.74) is 1.76. The molecule has 2 aromatic rings. The first-order valence-corrected chi connectivity index (χ1v) is 9.16. The Balaban J connectivity index is 1.99. The molecule has 0 bridgehead atoms. The molecule has 0 fully saturated rings. The Bertz CT molecular complexity index is 927. The molecule has 0 N–H and O–H groups in total. The summed E-state index contributed by atoms with van der Waals surface area (Å²) in [5.74, 6) is 2.04. The molecular formula is C23H26O5. The van der Waals surface area contributed by atoms with E-state index < -0.39 is 5.60 Å². The molecule has 3 rings (SSSR count). The Morgan fingerprint density at radius 3 is 2.36 bits per heavy atom. The maximum Gasteiger partial charge on any atom is 0.173 e. The van der Waals surface area contributed by atoms with E-state index in [4.69, 9.17) is 18.9 Å². The molecule has 0 aromatic heterocycles. The lowest BCUT2D eigenvalue weighted by atomic mass is 9.89. The molecule has 1 atom stereocenters. The minimum atomic E-state index is -0.392. The van der Waals surface area contributed by atoms with Crippen molar-refractivity contribution in [1.29, 1.82) is 0 Å². The minimum Gasteiger partial charge on any atom is -0.495 e. The average molecular weight is 382 g/mol. The van der Waals surface area contributed by atoms with Crippen LogP contribution in [0.4, 0.5) is 0 Å². The number of benzene rings is 2. The van der Waals surface area contributed by atoms with E-state index in [-0.39, 0.29) is 11.7 Å². The monoisotopic (exact) mass is 382 g/mol. The van der Waals surface area contributed by atoms with E-state index >= 15 is 0 Å². The van der Waals surface area contributed by atoms with E-state index in [2.05, 4.69) is 0 Å². The highest BCUT2D eigenvalue weighted by molar-refractivity contribution is 6.04. The molecule has 1 aliphatic heterocycles. The highest BCUT2D eigenvalue weighted by atomic mass is 16.5. The van der Waals surface area contributed by atoms with Crippen molar-refractivity contribution in [2.45, 2.75) is 32.3 Å². The predicted octanol–water partition coefficient (Wildman–Crippen LogP) is 4.88. The van der Waals surface area contributed by atoms with Crippen molar-refractivity contribution in [1.82, 2.24) is 0 Å². The molecule has 1 aliphatic rings. The first-order valence-electron chi connectivity index (χ1n) is 9.16. The van der Waals surface area contributed by atoms with Crippen LogP contribution in [0.2, 0.25) is 0 Å². The number of carbonyl (C=O) groups is 1. The maximum absolute atomic E-state index is 13.3. The Kier molecular flexibility index (Phi) is 5.36. The summed E-state index contributed by atoms with van der Waals surface area (Å²) in [4.78, 5) is 13.3. The smallest absolute Gasteiger partial charge is 0.173 e. The zero-order valence-electron chi connectivity index (χ0n) is 17.2. The molecule has 148 valence electrons. The lowest BCUT2D eigenvalue weighted by Gasteiger charge is -2.29. The van der Waals surface area contributed by atoms with Crippen LogP contribution in [0.3, 0.4) is 0 Å². The maximum atomic E-state index is 13.3. The van der Waals surface area contributed by atoms with Gasteiger partial charge in [-0.3, -0.25) is 4.79 Å². The van der Waals surface area contributed by atoms with E-state index in [1.807, 2.05) is 51.1 Å². The second kappa shape index (κ2) is 7.58. The summed E-state index contributed by atoms with van der Waals surface area (Å²) in [7, 11) is 4.73. The molecule has 0 aliphatic carbocycles. The van der Waals surface area contributed by atoms with Crippen LogP contribution in [-0.2, 0) is 0 Å². The van der Waals surface area contributed by atoms with Crippen molar-refractivity contribution in [3.8, 4) is 23.0 Å². The van der Waals surface area contributed by atoms with Gasteiger partial charge in [0.2, 0.25) is 0 Å². The molecule has 28 heavy (non-hydrogen) atoms. The van der Waals surface area contributed by atoms with Gasteiger partial charge in [0, 0.05) is 5.92 Å². The van der Waals surface area contributed by atoms with Gasteiger partial charge in [0.15, 0.2) is 17.3 Å². The Morgan fingerprint density at radius 1 is 1.00 bits per heavy atom. The van der Waals surface area contributed by atoms with Crippen LogP contribution in [0.5, 0.6) is 23.0 Å². The predicted molar refractivity (Wildman–Crippen MR) is 109 cm³/mol. The van der Waals surface area contributed by atoms with Gasteiger partial charge in [-0.25, -0.2) is 0 Å². The molecule has 0 unspecified atom stereocenters. The largest absolute Gasteiger partial charge is 0.495 e. The van der Waals surface area contributed by atoms with Crippen LogP contribution < -0.4 is 18.9 Å². The van der Waals surface area contributed by atoms with E-state index in [9.17, 15) is 4.79 Å². The van der Waals surface area contributed by atoms with E-state index in [1.165, 1.54) is 0 Å². The van der Waals surface area contributed by atoms with Gasteiger partial charge in [0.05, 0.1) is 32.5 Å². The van der Waals surface area contributed by atoms with E-state index in [0.29, 0.717) is 28.6 Å². The van der Waals surface area contributed by atoms with Crippen LogP contribution in [-0.4, -0.2) is 32.7 Å². The number of hydrogen-bond donors (Lipinski definition) is 0. The zero-order valence-corrected chi connectivity index (χ0v) is 17.2. The molecule has 2 aromatic carbocycles. The van der Waals surface area contributed by atoms with Crippen molar-refractivity contribution < 1.29 is 23.7 Å².